The van der Waals surface area contributed by atoms with Crippen LogP contribution in [-0.2, 0) is 32.8 Å². The zero-order valence-electron chi connectivity index (χ0n) is 31.3. The molecule has 0 spiro atoms. The van der Waals surface area contributed by atoms with Crippen LogP contribution in [0.25, 0.3) is 10.6 Å². The van der Waals surface area contributed by atoms with Crippen molar-refractivity contribution in [3.63, 3.8) is 0 Å². The highest BCUT2D eigenvalue weighted by Gasteiger charge is 2.39. The van der Waals surface area contributed by atoms with Gasteiger partial charge in [-0.2, -0.15) is 0 Å². The van der Waals surface area contributed by atoms with Crippen molar-refractivity contribution in [1.29, 1.82) is 0 Å². The molecule has 3 amide bonds. The molecule has 11 nitrogen and oxygen atoms in total. The number of thiazole rings is 1. The Morgan fingerprint density at radius 1 is 0.672 bits per heavy atom. The van der Waals surface area contributed by atoms with E-state index in [1.54, 1.807) is 36.0 Å². The summed E-state index contributed by atoms with van der Waals surface area (Å²) in [5.41, 5.74) is 4.26. The topological polar surface area (TPSA) is 155 Å². The van der Waals surface area contributed by atoms with Gasteiger partial charge in [-0.1, -0.05) is 152 Å². The van der Waals surface area contributed by atoms with E-state index >= 15 is 0 Å². The summed E-state index contributed by atoms with van der Waals surface area (Å²) in [6.07, 6.45) is 3.44. The number of carboxylic acids is 1. The first-order valence-electron chi connectivity index (χ1n) is 18.7. The second-order valence-corrected chi connectivity index (χ2v) is 14.4. The zero-order chi connectivity index (χ0) is 40.3. The summed E-state index contributed by atoms with van der Waals surface area (Å²) in [6.45, 7) is -0.429. The summed E-state index contributed by atoms with van der Waals surface area (Å²) in [7, 11) is 0. The largest absolute Gasteiger partial charge is 0.480 e. The van der Waals surface area contributed by atoms with Crippen molar-refractivity contribution < 1.29 is 24.3 Å². The number of carbonyl (C=O) groups is 4. The molecular formula is C46H40N6O5S. The number of aliphatic carboxylic acids is 1. The molecule has 0 saturated heterocycles. The van der Waals surface area contributed by atoms with Gasteiger partial charge in [-0.15, -0.1) is 11.3 Å². The molecule has 2 atom stereocenters. The number of rotatable bonds is 16. The van der Waals surface area contributed by atoms with E-state index in [0.29, 0.717) is 10.7 Å². The van der Waals surface area contributed by atoms with Crippen LogP contribution in [0.3, 0.4) is 0 Å². The van der Waals surface area contributed by atoms with Crippen LogP contribution in [0, 0.1) is 0 Å². The Kier molecular flexibility index (Phi) is 12.2. The first kappa shape index (κ1) is 39.1. The van der Waals surface area contributed by atoms with Crippen molar-refractivity contribution in [3.05, 3.63) is 203 Å². The SMILES string of the molecule is O=C(CNC(=O)c1csc(-c2ccccc2)n1)N[C@@H](Cc1ccccc1)C(=O)N[C@@H](Cc1cn(C(c2ccccc2)(c2ccccc2)c2ccccc2)cn1)C(=O)O. The van der Waals surface area contributed by atoms with Crippen molar-refractivity contribution in [2.45, 2.75) is 30.5 Å². The smallest absolute Gasteiger partial charge is 0.326 e. The molecule has 290 valence electrons. The summed E-state index contributed by atoms with van der Waals surface area (Å²) in [6, 6.07) is 46.0. The minimum Gasteiger partial charge on any atom is -0.480 e. The minimum absolute atomic E-state index is 0.0770. The van der Waals surface area contributed by atoms with Crippen LogP contribution in [-0.4, -0.2) is 62.0 Å². The molecule has 0 bridgehead atoms. The lowest BCUT2D eigenvalue weighted by Crippen LogP contribution is -2.54. The average Bonchev–Trinajstić information content (AvgIpc) is 3.96. The van der Waals surface area contributed by atoms with Gasteiger partial charge < -0.3 is 25.6 Å². The van der Waals surface area contributed by atoms with Crippen LogP contribution in [0.15, 0.2) is 170 Å². The second-order valence-electron chi connectivity index (χ2n) is 13.6. The van der Waals surface area contributed by atoms with E-state index in [4.69, 9.17) is 0 Å². The standard InChI is InChI=1S/C46H40N6O5S/c53-41(28-47-42(54)40-30-58-44(51-40)33-18-8-2-9-19-33)49-38(26-32-16-6-1-7-17-32)43(55)50-39(45(56)57)27-37-29-52(31-48-37)46(34-20-10-3-11-21-34,35-22-12-4-13-23-35)36-24-14-5-15-25-36/h1-25,29-31,38-39H,26-28H2,(H,47,54)(H,49,53)(H,50,55)(H,56,57)/t38-,39-/m0/s1. The normalized spacial score (nSPS) is 12.2. The molecule has 58 heavy (non-hydrogen) atoms. The van der Waals surface area contributed by atoms with Crippen molar-refractivity contribution in [1.82, 2.24) is 30.5 Å². The molecule has 0 saturated carbocycles. The van der Waals surface area contributed by atoms with E-state index in [2.05, 4.69) is 25.9 Å². The maximum Gasteiger partial charge on any atom is 0.326 e. The molecule has 4 N–H and O–H groups in total. The number of carbonyl (C=O) groups excluding carboxylic acids is 3. The Hall–Kier alpha value is -7.18. The quantitative estimate of drug-likeness (QED) is 0.0861. The van der Waals surface area contributed by atoms with Crippen molar-refractivity contribution in [2.24, 2.45) is 0 Å². The number of nitrogens with one attached hydrogen (secondary N) is 3. The van der Waals surface area contributed by atoms with Crippen LogP contribution >= 0.6 is 11.3 Å². The van der Waals surface area contributed by atoms with Gasteiger partial charge in [-0.05, 0) is 22.3 Å². The van der Waals surface area contributed by atoms with Gasteiger partial charge in [0.25, 0.3) is 5.91 Å². The van der Waals surface area contributed by atoms with Gasteiger partial charge in [0.2, 0.25) is 11.8 Å². The van der Waals surface area contributed by atoms with E-state index in [1.165, 1.54) is 11.3 Å². The lowest BCUT2D eigenvalue weighted by Gasteiger charge is -2.37. The van der Waals surface area contributed by atoms with Crippen LogP contribution in [0.4, 0.5) is 0 Å². The molecule has 7 rings (SSSR count). The molecule has 5 aromatic carbocycles. The van der Waals surface area contributed by atoms with Gasteiger partial charge in [0.15, 0.2) is 0 Å². The van der Waals surface area contributed by atoms with Crippen LogP contribution < -0.4 is 16.0 Å². The van der Waals surface area contributed by atoms with Crippen LogP contribution in [0.2, 0.25) is 0 Å². The molecule has 0 radical (unpaired) electrons. The Balaban J connectivity index is 1.09. The summed E-state index contributed by atoms with van der Waals surface area (Å²) in [5, 5.41) is 20.6. The predicted molar refractivity (Wildman–Crippen MR) is 222 cm³/mol. The summed E-state index contributed by atoms with van der Waals surface area (Å²) >= 11 is 1.31. The zero-order valence-corrected chi connectivity index (χ0v) is 32.1. The first-order chi connectivity index (χ1) is 28.3. The van der Waals surface area contributed by atoms with E-state index in [9.17, 15) is 24.3 Å². The number of hydrogen-bond donors (Lipinski definition) is 4. The first-order valence-corrected chi connectivity index (χ1v) is 19.5. The molecule has 0 fully saturated rings. The molecule has 2 heterocycles. The third kappa shape index (κ3) is 8.93. The van der Waals surface area contributed by atoms with Crippen LogP contribution in [0.5, 0.6) is 0 Å². The maximum atomic E-state index is 13.9. The van der Waals surface area contributed by atoms with Gasteiger partial charge in [-0.25, -0.2) is 14.8 Å². The third-order valence-electron chi connectivity index (χ3n) is 9.73. The summed E-state index contributed by atoms with van der Waals surface area (Å²) < 4.78 is 1.98. The Bertz CT molecular complexity index is 2360. The monoisotopic (exact) mass is 788 g/mol. The Labute approximate surface area is 339 Å². The van der Waals surface area contributed by atoms with Crippen molar-refractivity contribution in [2.75, 3.05) is 6.54 Å². The fourth-order valence-corrected chi connectivity index (χ4v) is 7.77. The summed E-state index contributed by atoms with van der Waals surface area (Å²) in [5.74, 6) is -3.14. The van der Waals surface area contributed by atoms with Crippen molar-refractivity contribution >= 4 is 35.0 Å². The number of imidazole rings is 1. The second kappa shape index (κ2) is 18.2. The molecule has 12 heteroatoms. The lowest BCUT2D eigenvalue weighted by atomic mass is 9.77. The van der Waals surface area contributed by atoms with Gasteiger partial charge in [0.05, 0.1) is 18.6 Å². The number of nitrogens with zero attached hydrogens (tertiary/aromatic N) is 3. The van der Waals surface area contributed by atoms with Gasteiger partial charge >= 0.3 is 5.97 Å². The van der Waals surface area contributed by atoms with Crippen LogP contribution in [0.1, 0.15) is 38.4 Å². The highest BCUT2D eigenvalue weighted by molar-refractivity contribution is 7.13. The number of hydrogen-bond acceptors (Lipinski definition) is 7. The van der Waals surface area contributed by atoms with E-state index < -0.39 is 47.9 Å². The fraction of sp³-hybridized carbons (Fsp3) is 0.130. The number of benzene rings is 5. The van der Waals surface area contributed by atoms with Gasteiger partial charge in [0, 0.05) is 30.0 Å². The maximum absolute atomic E-state index is 13.9. The molecular weight excluding hydrogens is 749 g/mol. The van der Waals surface area contributed by atoms with Crippen molar-refractivity contribution in [3.8, 4) is 10.6 Å². The number of carboxylic acid groups (broad SMARTS) is 1. The molecule has 7 aromatic rings. The molecule has 0 unspecified atom stereocenters. The minimum atomic E-state index is -1.38. The fourth-order valence-electron chi connectivity index (χ4n) is 6.97. The molecule has 0 aliphatic carbocycles. The van der Waals surface area contributed by atoms with E-state index in [-0.39, 0.29) is 18.5 Å². The molecule has 2 aromatic heterocycles. The van der Waals surface area contributed by atoms with Gasteiger partial charge in [-0.3, -0.25) is 14.4 Å². The molecule has 0 aliphatic rings. The predicted octanol–water partition coefficient (Wildman–Crippen LogP) is 6.12. The summed E-state index contributed by atoms with van der Waals surface area (Å²) in [4.78, 5) is 61.8. The van der Waals surface area contributed by atoms with E-state index in [0.717, 1.165) is 27.8 Å². The highest BCUT2D eigenvalue weighted by Crippen LogP contribution is 2.40. The number of aromatic nitrogens is 3. The Morgan fingerprint density at radius 3 is 1.76 bits per heavy atom. The lowest BCUT2D eigenvalue weighted by molar-refractivity contribution is -0.142. The van der Waals surface area contributed by atoms with E-state index in [1.807, 2.05) is 138 Å². The Morgan fingerprint density at radius 2 is 1.21 bits per heavy atom. The molecule has 0 aliphatic heterocycles. The third-order valence-corrected chi connectivity index (χ3v) is 10.6. The average molecular weight is 789 g/mol. The van der Waals surface area contributed by atoms with Gasteiger partial charge in [0.1, 0.15) is 28.3 Å². The number of amides is 3. The highest BCUT2D eigenvalue weighted by atomic mass is 32.1.